The summed E-state index contributed by atoms with van der Waals surface area (Å²) in [4.78, 5) is 0. The maximum atomic E-state index is 2.35. The average molecular weight is 378 g/mol. The van der Waals surface area contributed by atoms with Crippen molar-refractivity contribution < 1.29 is 9.96 Å². The molecule has 0 aliphatic rings. The second-order valence-electron chi connectivity index (χ2n) is 8.34. The van der Waals surface area contributed by atoms with Gasteiger partial charge in [-0.05, 0) is 25.7 Å². The summed E-state index contributed by atoms with van der Waals surface area (Å²) in [6.07, 6.45) is 16.9. The highest BCUT2D eigenvalue weighted by molar-refractivity contribution is 5.13. The van der Waals surface area contributed by atoms with Crippen LogP contribution in [0.2, 0.25) is 0 Å². The van der Waals surface area contributed by atoms with Crippen LogP contribution in [0.25, 0.3) is 0 Å². The standard InChI is InChI=1S/C25H46N.H2O/c1-4-7-8-9-10-11-12-13-14-18-23-26(21-5-2,22-6-3)24-25-19-16-15-17-20-25;/h15-17,19-20H,4-14,18,21-24H2,1-3H3;1H2/q+1;/p-1. The molecule has 158 valence electrons. The Bertz CT molecular complexity index is 412. The first-order chi connectivity index (χ1) is 12.8. The van der Waals surface area contributed by atoms with Crippen LogP contribution in [0.1, 0.15) is 103 Å². The zero-order chi connectivity index (χ0) is 18.9. The van der Waals surface area contributed by atoms with Crippen LogP contribution in [-0.2, 0) is 6.54 Å². The molecule has 2 nitrogen and oxygen atoms in total. The highest BCUT2D eigenvalue weighted by Gasteiger charge is 2.25. The van der Waals surface area contributed by atoms with Gasteiger partial charge >= 0.3 is 0 Å². The van der Waals surface area contributed by atoms with Gasteiger partial charge in [0.15, 0.2) is 0 Å². The highest BCUT2D eigenvalue weighted by Crippen LogP contribution is 2.19. The molecule has 0 amide bonds. The van der Waals surface area contributed by atoms with Gasteiger partial charge in [0.2, 0.25) is 0 Å². The molecule has 1 rings (SSSR count). The molecule has 27 heavy (non-hydrogen) atoms. The van der Waals surface area contributed by atoms with Gasteiger partial charge in [0, 0.05) is 5.56 Å². The van der Waals surface area contributed by atoms with Gasteiger partial charge in [-0.3, -0.25) is 0 Å². The molecule has 2 heteroatoms. The van der Waals surface area contributed by atoms with Gasteiger partial charge in [-0.25, -0.2) is 0 Å². The molecule has 0 fully saturated rings. The van der Waals surface area contributed by atoms with Gasteiger partial charge in [-0.15, -0.1) is 0 Å². The van der Waals surface area contributed by atoms with E-state index in [1.54, 1.807) is 0 Å². The van der Waals surface area contributed by atoms with E-state index < -0.39 is 0 Å². The van der Waals surface area contributed by atoms with Gasteiger partial charge in [0.25, 0.3) is 0 Å². The van der Waals surface area contributed by atoms with E-state index in [1.807, 2.05) is 0 Å². The minimum absolute atomic E-state index is 0. The van der Waals surface area contributed by atoms with Crippen molar-refractivity contribution in [2.75, 3.05) is 19.6 Å². The minimum atomic E-state index is 0. The SMILES string of the molecule is CCCCCCCCCCCC[N+](CCC)(CCC)Cc1ccccc1.[OH-]. The lowest BCUT2D eigenvalue weighted by atomic mass is 10.1. The molecule has 1 N–H and O–H groups in total. The second-order valence-corrected chi connectivity index (χ2v) is 8.34. The fraction of sp³-hybridized carbons (Fsp3) is 0.760. The van der Waals surface area contributed by atoms with E-state index in [1.165, 1.54) is 113 Å². The lowest BCUT2D eigenvalue weighted by Gasteiger charge is -2.39. The number of benzene rings is 1. The summed E-state index contributed by atoms with van der Waals surface area (Å²) in [6, 6.07) is 11.2. The number of unbranched alkanes of at least 4 members (excludes halogenated alkanes) is 9. The molecular formula is C25H47NO. The van der Waals surface area contributed by atoms with Crippen LogP contribution in [0.4, 0.5) is 0 Å². The van der Waals surface area contributed by atoms with Crippen molar-refractivity contribution in [3.8, 4) is 0 Å². The third kappa shape index (κ3) is 12.3. The Balaban J connectivity index is 0.00000676. The molecule has 0 heterocycles. The zero-order valence-corrected chi connectivity index (χ0v) is 18.6. The summed E-state index contributed by atoms with van der Waals surface area (Å²) in [5.74, 6) is 0. The molecule has 0 bridgehead atoms. The van der Waals surface area contributed by atoms with E-state index in [0.29, 0.717) is 0 Å². The Labute approximate surface area is 170 Å². The molecule has 0 aliphatic carbocycles. The molecule has 0 radical (unpaired) electrons. The van der Waals surface area contributed by atoms with Crippen LogP contribution in [0.15, 0.2) is 30.3 Å². The largest absolute Gasteiger partial charge is 0.870 e. The molecule has 0 aliphatic heterocycles. The first-order valence-corrected chi connectivity index (χ1v) is 11.7. The minimum Gasteiger partial charge on any atom is -0.870 e. The lowest BCUT2D eigenvalue weighted by Crippen LogP contribution is -2.49. The normalized spacial score (nSPS) is 11.4. The summed E-state index contributed by atoms with van der Waals surface area (Å²) in [7, 11) is 0. The van der Waals surface area contributed by atoms with Crippen molar-refractivity contribution in [1.29, 1.82) is 0 Å². The fourth-order valence-corrected chi connectivity index (χ4v) is 4.43. The van der Waals surface area contributed by atoms with Crippen molar-refractivity contribution in [3.05, 3.63) is 35.9 Å². The van der Waals surface area contributed by atoms with Crippen molar-refractivity contribution >= 4 is 0 Å². The number of hydrogen-bond acceptors (Lipinski definition) is 1. The Morgan fingerprint density at radius 1 is 0.556 bits per heavy atom. The van der Waals surface area contributed by atoms with Gasteiger partial charge < -0.3 is 9.96 Å². The molecule has 0 atom stereocenters. The Morgan fingerprint density at radius 2 is 1.04 bits per heavy atom. The maximum absolute atomic E-state index is 2.35. The highest BCUT2D eigenvalue weighted by atomic mass is 16.0. The van der Waals surface area contributed by atoms with Gasteiger partial charge in [0.05, 0.1) is 19.6 Å². The van der Waals surface area contributed by atoms with Crippen LogP contribution in [0.5, 0.6) is 0 Å². The predicted octanol–water partition coefficient (Wildman–Crippen LogP) is 7.57. The summed E-state index contributed by atoms with van der Waals surface area (Å²) < 4.78 is 1.30. The Kier molecular flexibility index (Phi) is 16.7. The summed E-state index contributed by atoms with van der Waals surface area (Å²) in [5.41, 5.74) is 1.52. The van der Waals surface area contributed by atoms with Crippen LogP contribution in [-0.4, -0.2) is 29.6 Å². The number of rotatable bonds is 17. The summed E-state index contributed by atoms with van der Waals surface area (Å²) in [5, 5.41) is 0. The maximum Gasteiger partial charge on any atom is 0.104 e. The first-order valence-electron chi connectivity index (χ1n) is 11.7. The Hall–Kier alpha value is -0.860. The van der Waals surface area contributed by atoms with Gasteiger partial charge in [-0.1, -0.05) is 102 Å². The van der Waals surface area contributed by atoms with Crippen molar-refractivity contribution in [2.45, 2.75) is 104 Å². The summed E-state index contributed by atoms with van der Waals surface area (Å²) >= 11 is 0. The molecule has 1 aromatic carbocycles. The topological polar surface area (TPSA) is 30.0 Å². The number of quaternary nitrogens is 1. The molecule has 0 saturated heterocycles. The Morgan fingerprint density at radius 3 is 1.52 bits per heavy atom. The van der Waals surface area contributed by atoms with E-state index in [4.69, 9.17) is 0 Å². The van der Waals surface area contributed by atoms with Crippen molar-refractivity contribution in [1.82, 2.24) is 0 Å². The van der Waals surface area contributed by atoms with E-state index >= 15 is 0 Å². The van der Waals surface area contributed by atoms with Crippen LogP contribution < -0.4 is 0 Å². The molecule has 0 saturated carbocycles. The zero-order valence-electron chi connectivity index (χ0n) is 18.6. The number of hydrogen-bond donors (Lipinski definition) is 0. The van der Waals surface area contributed by atoms with Crippen LogP contribution >= 0.6 is 0 Å². The summed E-state index contributed by atoms with van der Waals surface area (Å²) in [6.45, 7) is 12.3. The van der Waals surface area contributed by atoms with Crippen molar-refractivity contribution in [3.63, 3.8) is 0 Å². The van der Waals surface area contributed by atoms with Gasteiger partial charge in [-0.2, -0.15) is 0 Å². The average Bonchev–Trinajstić information content (AvgIpc) is 2.64. The lowest BCUT2D eigenvalue weighted by molar-refractivity contribution is -0.941. The van der Waals surface area contributed by atoms with Crippen LogP contribution in [0, 0.1) is 0 Å². The number of nitrogens with zero attached hydrogens (tertiary/aromatic N) is 1. The van der Waals surface area contributed by atoms with E-state index in [2.05, 4.69) is 51.1 Å². The predicted molar refractivity (Wildman–Crippen MR) is 119 cm³/mol. The third-order valence-corrected chi connectivity index (χ3v) is 5.74. The molecular weight excluding hydrogens is 330 g/mol. The fourth-order valence-electron chi connectivity index (χ4n) is 4.43. The molecule has 0 spiro atoms. The monoisotopic (exact) mass is 377 g/mol. The third-order valence-electron chi connectivity index (χ3n) is 5.74. The molecule has 0 aromatic heterocycles. The van der Waals surface area contributed by atoms with Crippen LogP contribution in [0.3, 0.4) is 0 Å². The smallest absolute Gasteiger partial charge is 0.104 e. The quantitative estimate of drug-likeness (QED) is 0.203. The molecule has 0 unspecified atom stereocenters. The first kappa shape index (κ1) is 26.1. The van der Waals surface area contributed by atoms with E-state index in [0.717, 1.165) is 0 Å². The van der Waals surface area contributed by atoms with E-state index in [9.17, 15) is 0 Å². The van der Waals surface area contributed by atoms with Gasteiger partial charge in [0.1, 0.15) is 6.54 Å². The molecule has 1 aromatic rings. The van der Waals surface area contributed by atoms with E-state index in [-0.39, 0.29) is 5.48 Å². The second kappa shape index (κ2) is 17.3. The van der Waals surface area contributed by atoms with Crippen molar-refractivity contribution in [2.24, 2.45) is 0 Å².